The maximum atomic E-state index is 11.4. The highest BCUT2D eigenvalue weighted by Crippen LogP contribution is 2.28. The molecule has 1 rings (SSSR count). The summed E-state index contributed by atoms with van der Waals surface area (Å²) in [7, 11) is 0. The number of halogens is 1. The fourth-order valence-corrected chi connectivity index (χ4v) is 2.03. The summed E-state index contributed by atoms with van der Waals surface area (Å²) >= 11 is 0. The molecule has 0 saturated heterocycles. The molecule has 3 N–H and O–H groups in total. The average molecular weight is 237 g/mol. The quantitative estimate of drug-likeness (QED) is 0.438. The number of ether oxygens (including phenoxy) is 1. The van der Waals surface area contributed by atoms with Crippen LogP contribution in [0, 0.1) is 11.8 Å². The largest absolute Gasteiger partial charge is 0.466 e. The minimum absolute atomic E-state index is 0. The van der Waals surface area contributed by atoms with Gasteiger partial charge in [-0.05, 0) is 38.5 Å². The molecule has 1 aliphatic carbocycles. The molecule has 1 fully saturated rings. The first kappa shape index (κ1) is 14.7. The lowest BCUT2D eigenvalue weighted by Crippen LogP contribution is -2.32. The van der Waals surface area contributed by atoms with Gasteiger partial charge in [0.15, 0.2) is 0 Å². The van der Waals surface area contributed by atoms with Crippen molar-refractivity contribution in [2.75, 3.05) is 13.2 Å². The second-order valence-corrected chi connectivity index (χ2v) is 3.88. The lowest BCUT2D eigenvalue weighted by Gasteiger charge is -2.26. The van der Waals surface area contributed by atoms with E-state index in [0.717, 1.165) is 32.2 Å². The SMILES string of the molecule is CCOC(=O)C1CCC(CNN)CC1.Cl. The summed E-state index contributed by atoms with van der Waals surface area (Å²) in [5.74, 6) is 6.00. The Hall–Kier alpha value is -0.320. The van der Waals surface area contributed by atoms with Gasteiger partial charge < -0.3 is 4.74 Å². The van der Waals surface area contributed by atoms with Crippen molar-refractivity contribution < 1.29 is 9.53 Å². The maximum Gasteiger partial charge on any atom is 0.308 e. The van der Waals surface area contributed by atoms with Gasteiger partial charge in [-0.25, -0.2) is 0 Å². The van der Waals surface area contributed by atoms with Crippen LogP contribution >= 0.6 is 12.4 Å². The van der Waals surface area contributed by atoms with Gasteiger partial charge >= 0.3 is 5.97 Å². The van der Waals surface area contributed by atoms with Gasteiger partial charge in [0.2, 0.25) is 0 Å². The normalized spacial score (nSPS) is 25.5. The van der Waals surface area contributed by atoms with E-state index >= 15 is 0 Å². The molecule has 0 radical (unpaired) electrons. The van der Waals surface area contributed by atoms with Crippen molar-refractivity contribution >= 4 is 18.4 Å². The smallest absolute Gasteiger partial charge is 0.308 e. The minimum Gasteiger partial charge on any atom is -0.466 e. The number of hydrazine groups is 1. The first-order valence-electron chi connectivity index (χ1n) is 5.38. The minimum atomic E-state index is -0.0216. The molecule has 0 unspecified atom stereocenters. The molecule has 0 aliphatic heterocycles. The van der Waals surface area contributed by atoms with Gasteiger partial charge in [0.25, 0.3) is 0 Å². The molecule has 15 heavy (non-hydrogen) atoms. The van der Waals surface area contributed by atoms with E-state index in [0.29, 0.717) is 12.5 Å². The van der Waals surface area contributed by atoms with E-state index in [-0.39, 0.29) is 24.3 Å². The number of hydrogen-bond donors (Lipinski definition) is 2. The van der Waals surface area contributed by atoms with E-state index in [9.17, 15) is 4.79 Å². The predicted molar refractivity (Wildman–Crippen MR) is 61.5 cm³/mol. The fourth-order valence-electron chi connectivity index (χ4n) is 2.03. The highest BCUT2D eigenvalue weighted by Gasteiger charge is 2.26. The molecule has 0 heterocycles. The summed E-state index contributed by atoms with van der Waals surface area (Å²) in [6.07, 6.45) is 4.05. The number of carbonyl (C=O) groups excluding carboxylic acids is 1. The summed E-state index contributed by atoms with van der Waals surface area (Å²) in [5, 5.41) is 0. The summed E-state index contributed by atoms with van der Waals surface area (Å²) in [4.78, 5) is 11.4. The second-order valence-electron chi connectivity index (χ2n) is 3.88. The van der Waals surface area contributed by atoms with Crippen LogP contribution in [0.5, 0.6) is 0 Å². The van der Waals surface area contributed by atoms with Crippen molar-refractivity contribution in [1.82, 2.24) is 5.43 Å². The molecule has 0 atom stereocenters. The van der Waals surface area contributed by atoms with Crippen LogP contribution in [0.3, 0.4) is 0 Å². The van der Waals surface area contributed by atoms with E-state index < -0.39 is 0 Å². The molecule has 0 aromatic rings. The summed E-state index contributed by atoms with van der Waals surface area (Å²) in [6, 6.07) is 0. The molecule has 5 heteroatoms. The van der Waals surface area contributed by atoms with Crippen LogP contribution in [0.15, 0.2) is 0 Å². The van der Waals surface area contributed by atoms with Crippen molar-refractivity contribution in [3.8, 4) is 0 Å². The number of rotatable bonds is 4. The van der Waals surface area contributed by atoms with Crippen LogP contribution in [0.4, 0.5) is 0 Å². The first-order valence-corrected chi connectivity index (χ1v) is 5.38. The molecule has 0 spiro atoms. The lowest BCUT2D eigenvalue weighted by atomic mass is 9.82. The molecule has 0 amide bonds. The molecule has 90 valence electrons. The van der Waals surface area contributed by atoms with E-state index in [1.54, 1.807) is 0 Å². The Balaban J connectivity index is 0.00000196. The van der Waals surface area contributed by atoms with Crippen LogP contribution in [-0.4, -0.2) is 19.1 Å². The first-order chi connectivity index (χ1) is 6.77. The summed E-state index contributed by atoms with van der Waals surface area (Å²) in [5.41, 5.74) is 2.69. The third-order valence-corrected chi connectivity index (χ3v) is 2.87. The molecule has 0 bridgehead atoms. The summed E-state index contributed by atoms with van der Waals surface area (Å²) < 4.78 is 5.00. The Morgan fingerprint density at radius 2 is 2.00 bits per heavy atom. The van der Waals surface area contributed by atoms with Gasteiger partial charge in [0, 0.05) is 6.54 Å². The Kier molecular flexibility index (Phi) is 7.74. The van der Waals surface area contributed by atoms with Gasteiger partial charge in [-0.2, -0.15) is 0 Å². The Labute approximate surface area is 97.3 Å². The van der Waals surface area contributed by atoms with E-state index in [1.165, 1.54) is 0 Å². The van der Waals surface area contributed by atoms with Gasteiger partial charge in [0.05, 0.1) is 12.5 Å². The van der Waals surface area contributed by atoms with Crippen molar-refractivity contribution in [3.63, 3.8) is 0 Å². The van der Waals surface area contributed by atoms with Crippen LogP contribution in [0.1, 0.15) is 32.6 Å². The van der Waals surface area contributed by atoms with Gasteiger partial charge in [0.1, 0.15) is 0 Å². The lowest BCUT2D eigenvalue weighted by molar-refractivity contribution is -0.149. The third kappa shape index (κ3) is 4.82. The average Bonchev–Trinajstić information content (AvgIpc) is 2.20. The van der Waals surface area contributed by atoms with Crippen LogP contribution in [-0.2, 0) is 9.53 Å². The summed E-state index contributed by atoms with van der Waals surface area (Å²) in [6.45, 7) is 3.19. The van der Waals surface area contributed by atoms with Crippen LogP contribution < -0.4 is 11.3 Å². The number of carbonyl (C=O) groups is 1. The second kappa shape index (κ2) is 7.91. The van der Waals surface area contributed by atoms with Crippen molar-refractivity contribution in [3.05, 3.63) is 0 Å². The van der Waals surface area contributed by atoms with Crippen molar-refractivity contribution in [1.29, 1.82) is 0 Å². The topological polar surface area (TPSA) is 64.3 Å². The zero-order valence-corrected chi connectivity index (χ0v) is 10.0. The number of hydrogen-bond acceptors (Lipinski definition) is 4. The number of nitrogens with two attached hydrogens (primary N) is 1. The highest BCUT2D eigenvalue weighted by atomic mass is 35.5. The van der Waals surface area contributed by atoms with Gasteiger partial charge in [-0.3, -0.25) is 16.1 Å². The Bertz CT molecular complexity index is 182. The molecule has 4 nitrogen and oxygen atoms in total. The molecule has 1 saturated carbocycles. The van der Waals surface area contributed by atoms with E-state index in [1.807, 2.05) is 6.92 Å². The molecular weight excluding hydrogens is 216 g/mol. The zero-order valence-electron chi connectivity index (χ0n) is 9.20. The van der Waals surface area contributed by atoms with Crippen LogP contribution in [0.25, 0.3) is 0 Å². The molecule has 1 aliphatic rings. The predicted octanol–water partition coefficient (Wildman–Crippen LogP) is 1.24. The molecule has 0 aromatic heterocycles. The van der Waals surface area contributed by atoms with Crippen molar-refractivity contribution in [2.45, 2.75) is 32.6 Å². The zero-order chi connectivity index (χ0) is 10.4. The van der Waals surface area contributed by atoms with E-state index in [4.69, 9.17) is 10.6 Å². The van der Waals surface area contributed by atoms with Crippen LogP contribution in [0.2, 0.25) is 0 Å². The monoisotopic (exact) mass is 236 g/mol. The number of esters is 1. The van der Waals surface area contributed by atoms with Gasteiger partial charge in [-0.1, -0.05) is 0 Å². The molecular formula is C10H21ClN2O2. The maximum absolute atomic E-state index is 11.4. The standard InChI is InChI=1S/C10H20N2O2.ClH/c1-2-14-10(13)9-5-3-8(4-6-9)7-12-11;/h8-9,12H,2-7,11H2,1H3;1H. The fraction of sp³-hybridized carbons (Fsp3) is 0.900. The van der Waals surface area contributed by atoms with Gasteiger partial charge in [-0.15, -0.1) is 12.4 Å². The highest BCUT2D eigenvalue weighted by molar-refractivity contribution is 5.85. The van der Waals surface area contributed by atoms with Crippen molar-refractivity contribution in [2.24, 2.45) is 17.7 Å². The molecule has 0 aromatic carbocycles. The number of nitrogens with one attached hydrogen (secondary N) is 1. The Morgan fingerprint density at radius 3 is 2.47 bits per heavy atom. The Morgan fingerprint density at radius 1 is 1.40 bits per heavy atom. The van der Waals surface area contributed by atoms with E-state index in [2.05, 4.69) is 5.43 Å². The third-order valence-electron chi connectivity index (χ3n) is 2.87.